The second kappa shape index (κ2) is 9.54. The van der Waals surface area contributed by atoms with Gasteiger partial charge < -0.3 is 15.0 Å². The molecule has 1 N–H and O–H groups in total. The molecule has 1 saturated heterocycles. The predicted molar refractivity (Wildman–Crippen MR) is 139 cm³/mol. The van der Waals surface area contributed by atoms with Crippen molar-refractivity contribution in [2.75, 3.05) is 25.5 Å². The third kappa shape index (κ3) is 4.59. The van der Waals surface area contributed by atoms with E-state index in [4.69, 9.17) is 4.74 Å². The predicted octanol–water partition coefficient (Wildman–Crippen LogP) is 5.38. The van der Waals surface area contributed by atoms with Crippen LogP contribution in [-0.2, 0) is 6.54 Å². The molecule has 3 aromatic carbocycles. The maximum Gasteiger partial charge on any atom is 0.145 e. The van der Waals surface area contributed by atoms with Crippen LogP contribution in [0.15, 0.2) is 73.2 Å². The van der Waals surface area contributed by atoms with Gasteiger partial charge >= 0.3 is 0 Å². The highest BCUT2D eigenvalue weighted by Crippen LogP contribution is 2.33. The van der Waals surface area contributed by atoms with Crippen molar-refractivity contribution >= 4 is 33.3 Å². The second-order valence-corrected chi connectivity index (χ2v) is 9.32. The second-order valence-electron chi connectivity index (χ2n) is 9.32. The summed E-state index contributed by atoms with van der Waals surface area (Å²) in [5.41, 5.74) is 3.57. The minimum Gasteiger partial charge on any atom is -0.489 e. The molecule has 0 spiro atoms. The Hall–Kier alpha value is -4.04. The number of piperidine rings is 1. The van der Waals surface area contributed by atoms with Gasteiger partial charge in [0.05, 0.1) is 29.2 Å². The summed E-state index contributed by atoms with van der Waals surface area (Å²) in [7, 11) is 2.14. The molecule has 0 radical (unpaired) electrons. The fraction of sp³-hybridized carbons (Fsp3) is 0.250. The van der Waals surface area contributed by atoms with Crippen molar-refractivity contribution in [2.45, 2.75) is 25.5 Å². The number of hydrogen-bond acceptors (Lipinski definition) is 6. The van der Waals surface area contributed by atoms with Crippen LogP contribution in [0.3, 0.4) is 0 Å². The number of hydrogen-bond donors (Lipinski definition) is 1. The highest BCUT2D eigenvalue weighted by Gasteiger charge is 2.20. The van der Waals surface area contributed by atoms with Crippen molar-refractivity contribution in [3.05, 3.63) is 84.6 Å². The van der Waals surface area contributed by atoms with E-state index in [1.807, 2.05) is 53.3 Å². The van der Waals surface area contributed by atoms with Crippen LogP contribution in [0.5, 0.6) is 5.75 Å². The van der Waals surface area contributed by atoms with E-state index in [1.54, 1.807) is 12.4 Å². The molecule has 2 aromatic heterocycles. The van der Waals surface area contributed by atoms with Crippen molar-refractivity contribution in [3.8, 4) is 5.75 Å². The van der Waals surface area contributed by atoms with E-state index >= 15 is 0 Å². The van der Waals surface area contributed by atoms with E-state index in [1.165, 1.54) is 12.1 Å². The fourth-order valence-electron chi connectivity index (χ4n) is 4.79. The van der Waals surface area contributed by atoms with Crippen LogP contribution in [0.1, 0.15) is 18.4 Å². The largest absolute Gasteiger partial charge is 0.489 e. The molecule has 8 heteroatoms. The minimum absolute atomic E-state index is 0.181. The third-order valence-electron chi connectivity index (χ3n) is 6.71. The summed E-state index contributed by atoms with van der Waals surface area (Å²) < 4.78 is 21.9. The molecule has 36 heavy (non-hydrogen) atoms. The number of halogens is 1. The molecule has 3 heterocycles. The van der Waals surface area contributed by atoms with Crippen LogP contribution in [0.25, 0.3) is 21.8 Å². The highest BCUT2D eigenvalue weighted by molar-refractivity contribution is 5.96. The lowest BCUT2D eigenvalue weighted by molar-refractivity contribution is 0.116. The maximum absolute atomic E-state index is 13.6. The van der Waals surface area contributed by atoms with Crippen LogP contribution >= 0.6 is 0 Å². The Bertz CT molecular complexity index is 1520. The van der Waals surface area contributed by atoms with Crippen LogP contribution in [0.2, 0.25) is 0 Å². The number of rotatable bonds is 6. The van der Waals surface area contributed by atoms with Gasteiger partial charge in [-0.15, -0.1) is 0 Å². The summed E-state index contributed by atoms with van der Waals surface area (Å²) in [4.78, 5) is 11.3. The van der Waals surface area contributed by atoms with Crippen LogP contribution in [0.4, 0.5) is 15.9 Å². The van der Waals surface area contributed by atoms with Crippen LogP contribution in [0, 0.1) is 5.82 Å². The summed E-state index contributed by atoms with van der Waals surface area (Å²) in [5, 5.41) is 9.84. The Kier molecular flexibility index (Phi) is 5.95. The SMILES string of the molecule is CN1CCC(Oc2cccc3ncnc(Nc4ccc5c(cnn5Cc5cccc(F)c5)c4)c23)CC1. The summed E-state index contributed by atoms with van der Waals surface area (Å²) in [6.45, 7) is 2.57. The zero-order chi connectivity index (χ0) is 24.5. The van der Waals surface area contributed by atoms with Crippen LogP contribution < -0.4 is 10.1 Å². The Labute approximate surface area is 208 Å². The molecule has 1 aliphatic rings. The Morgan fingerprint density at radius 2 is 1.89 bits per heavy atom. The molecular formula is C28H27FN6O. The molecule has 0 atom stereocenters. The van der Waals surface area contributed by atoms with Gasteiger partial charge in [0, 0.05) is 24.2 Å². The molecule has 0 unspecified atom stereocenters. The number of anilines is 2. The lowest BCUT2D eigenvalue weighted by Gasteiger charge is -2.29. The van der Waals surface area contributed by atoms with Gasteiger partial charge in [-0.2, -0.15) is 5.10 Å². The van der Waals surface area contributed by atoms with Gasteiger partial charge in [-0.3, -0.25) is 4.68 Å². The topological polar surface area (TPSA) is 68.1 Å². The number of ether oxygens (including phenoxy) is 1. The smallest absolute Gasteiger partial charge is 0.145 e. The third-order valence-corrected chi connectivity index (χ3v) is 6.71. The van der Waals surface area contributed by atoms with Gasteiger partial charge in [-0.05, 0) is 67.9 Å². The first kappa shape index (κ1) is 22.4. The average molecular weight is 483 g/mol. The number of nitrogens with zero attached hydrogens (tertiary/aromatic N) is 5. The number of aromatic nitrogens is 4. The fourth-order valence-corrected chi connectivity index (χ4v) is 4.79. The zero-order valence-electron chi connectivity index (χ0n) is 20.1. The Balaban J connectivity index is 1.28. The van der Waals surface area contributed by atoms with Crippen molar-refractivity contribution < 1.29 is 9.13 Å². The molecule has 0 amide bonds. The van der Waals surface area contributed by atoms with Gasteiger partial charge in [-0.1, -0.05) is 18.2 Å². The zero-order valence-corrected chi connectivity index (χ0v) is 20.1. The van der Waals surface area contributed by atoms with Crippen molar-refractivity contribution in [3.63, 3.8) is 0 Å². The molecule has 182 valence electrons. The maximum atomic E-state index is 13.6. The van der Waals surface area contributed by atoms with Gasteiger partial charge in [0.15, 0.2) is 0 Å². The first-order valence-corrected chi connectivity index (χ1v) is 12.2. The molecule has 5 aromatic rings. The molecule has 0 bridgehead atoms. The van der Waals surface area contributed by atoms with Crippen molar-refractivity contribution in [1.29, 1.82) is 0 Å². The molecule has 0 saturated carbocycles. The van der Waals surface area contributed by atoms with E-state index in [-0.39, 0.29) is 11.9 Å². The standard InChI is InChI=1S/C28H27FN6O/c1-34-12-10-23(11-13-34)36-26-7-3-6-24-27(26)28(31-18-30-24)33-22-8-9-25-20(15-22)16-32-35(25)17-19-4-2-5-21(29)14-19/h2-9,14-16,18,23H,10-13,17H2,1H3,(H,30,31,33). The molecule has 6 rings (SSSR count). The molecule has 0 aliphatic carbocycles. The summed E-state index contributed by atoms with van der Waals surface area (Å²) in [5.74, 6) is 1.26. The van der Waals surface area contributed by atoms with Gasteiger partial charge in [0.1, 0.15) is 29.8 Å². The quantitative estimate of drug-likeness (QED) is 0.350. The number of fused-ring (bicyclic) bond motifs is 2. The van der Waals surface area contributed by atoms with E-state index in [0.717, 1.165) is 64.7 Å². The molecule has 1 aliphatic heterocycles. The lowest BCUT2D eigenvalue weighted by Crippen LogP contribution is -2.35. The van der Waals surface area contributed by atoms with Crippen LogP contribution in [-0.4, -0.2) is 50.9 Å². The lowest BCUT2D eigenvalue weighted by atomic mass is 10.1. The number of nitrogens with one attached hydrogen (secondary N) is 1. The summed E-state index contributed by atoms with van der Waals surface area (Å²) in [6, 6.07) is 18.6. The number of likely N-dealkylation sites (tertiary alicyclic amines) is 1. The normalized spacial score (nSPS) is 14.9. The monoisotopic (exact) mass is 482 g/mol. The number of benzene rings is 3. The molecular weight excluding hydrogens is 455 g/mol. The van der Waals surface area contributed by atoms with Gasteiger partial charge in [0.2, 0.25) is 0 Å². The molecule has 7 nitrogen and oxygen atoms in total. The van der Waals surface area contributed by atoms with E-state index in [9.17, 15) is 4.39 Å². The molecule has 1 fully saturated rings. The first-order chi connectivity index (χ1) is 17.6. The Morgan fingerprint density at radius 3 is 2.75 bits per heavy atom. The van der Waals surface area contributed by atoms with Crippen molar-refractivity contribution in [1.82, 2.24) is 24.6 Å². The minimum atomic E-state index is -0.244. The summed E-state index contributed by atoms with van der Waals surface area (Å²) >= 11 is 0. The van der Waals surface area contributed by atoms with Crippen molar-refractivity contribution in [2.24, 2.45) is 0 Å². The van der Waals surface area contributed by atoms with E-state index in [2.05, 4.69) is 32.3 Å². The summed E-state index contributed by atoms with van der Waals surface area (Å²) in [6.07, 6.45) is 5.57. The van der Waals surface area contributed by atoms with Gasteiger partial charge in [0.25, 0.3) is 0 Å². The Morgan fingerprint density at radius 1 is 1.03 bits per heavy atom. The van der Waals surface area contributed by atoms with E-state index in [0.29, 0.717) is 12.4 Å². The first-order valence-electron chi connectivity index (χ1n) is 12.2. The highest BCUT2D eigenvalue weighted by atomic mass is 19.1. The average Bonchev–Trinajstić information content (AvgIpc) is 3.27. The van der Waals surface area contributed by atoms with Gasteiger partial charge in [-0.25, -0.2) is 14.4 Å². The van der Waals surface area contributed by atoms with E-state index < -0.39 is 0 Å².